The minimum absolute atomic E-state index is 0.0758. The van der Waals surface area contributed by atoms with Gasteiger partial charge in [0.25, 0.3) is 0 Å². The van der Waals surface area contributed by atoms with Crippen molar-refractivity contribution in [3.05, 3.63) is 167 Å². The van der Waals surface area contributed by atoms with Gasteiger partial charge in [-0.1, -0.05) is 117 Å². The molecule has 218 valence electrons. The lowest BCUT2D eigenvalue weighted by Crippen LogP contribution is -2.22. The van der Waals surface area contributed by atoms with Gasteiger partial charge in [-0.05, 0) is 52.6 Å². The topological polar surface area (TPSA) is 53.1 Å². The average Bonchev–Trinajstić information content (AvgIpc) is 3.57. The highest BCUT2D eigenvalue weighted by Gasteiger charge is 2.37. The van der Waals surface area contributed by atoms with Gasteiger partial charge in [0.15, 0.2) is 0 Å². The first-order chi connectivity index (χ1) is 22.5. The Balaban J connectivity index is 1.24. The Morgan fingerprint density at radius 1 is 0.739 bits per heavy atom. The smallest absolute Gasteiger partial charge is 0.133 e. The maximum Gasteiger partial charge on any atom is 0.133 e. The molecule has 46 heavy (non-hydrogen) atoms. The second kappa shape index (κ2) is 9.79. The lowest BCUT2D eigenvalue weighted by molar-refractivity contribution is 0.661. The molecule has 2 heterocycles. The van der Waals surface area contributed by atoms with Crippen LogP contribution in [0.2, 0.25) is 0 Å². The average molecular weight is 591 g/mol. The second-order valence-corrected chi connectivity index (χ2v) is 12.8. The van der Waals surface area contributed by atoms with E-state index >= 15 is 0 Å². The predicted molar refractivity (Wildman–Crippen MR) is 188 cm³/mol. The zero-order valence-electron chi connectivity index (χ0n) is 25.6. The number of nitrogens with zero attached hydrogens (tertiary/aromatic N) is 3. The quantitative estimate of drug-likeness (QED) is 0.223. The number of rotatable bonds is 3. The molecule has 0 amide bonds. The maximum atomic E-state index is 9.61. The van der Waals surface area contributed by atoms with Crippen LogP contribution in [0.15, 0.2) is 138 Å². The fraction of sp³-hybridized carbons (Fsp3) is 0.0952. The number of nitriles is 1. The summed E-state index contributed by atoms with van der Waals surface area (Å²) in [4.78, 5) is 5.22. The first-order valence-electron chi connectivity index (χ1n) is 15.7. The normalized spacial score (nSPS) is 15.8. The monoisotopic (exact) mass is 590 g/mol. The van der Waals surface area contributed by atoms with Crippen LogP contribution in [0, 0.1) is 11.3 Å². The van der Waals surface area contributed by atoms with Crippen molar-refractivity contribution in [1.82, 2.24) is 4.57 Å². The van der Waals surface area contributed by atoms with Crippen molar-refractivity contribution >= 4 is 33.3 Å². The van der Waals surface area contributed by atoms with Crippen molar-refractivity contribution in [2.45, 2.75) is 25.3 Å². The Morgan fingerprint density at radius 3 is 2.33 bits per heavy atom. The van der Waals surface area contributed by atoms with E-state index in [9.17, 15) is 5.26 Å². The van der Waals surface area contributed by atoms with Crippen molar-refractivity contribution in [3.63, 3.8) is 0 Å². The van der Waals surface area contributed by atoms with Gasteiger partial charge in [-0.25, -0.2) is 0 Å². The standard InChI is InChI=1S/C42H30N4/c1-42(2)34-14-8-6-13-32(34)38-35(42)23-22-31-30-12-7-9-15-37(30)46(40(31)38)29-19-17-27(18-20-29)39-33-21-16-26(25-43)24-36(33)44-41(45-39)28-10-4-3-5-11-28/h3-24,39H,1-2H3,(H,44,45). The van der Waals surface area contributed by atoms with Gasteiger partial charge < -0.3 is 9.88 Å². The van der Waals surface area contributed by atoms with Crippen molar-refractivity contribution in [3.8, 4) is 22.9 Å². The third-order valence-corrected chi connectivity index (χ3v) is 9.88. The first-order valence-corrected chi connectivity index (χ1v) is 15.7. The molecule has 0 saturated carbocycles. The number of hydrogen-bond acceptors (Lipinski definition) is 3. The van der Waals surface area contributed by atoms with E-state index in [0.29, 0.717) is 5.56 Å². The molecule has 4 heteroatoms. The molecule has 1 N–H and O–H groups in total. The van der Waals surface area contributed by atoms with Crippen molar-refractivity contribution in [2.75, 3.05) is 5.32 Å². The summed E-state index contributed by atoms with van der Waals surface area (Å²) in [6.45, 7) is 4.68. The Hall–Kier alpha value is -5.92. The minimum Gasteiger partial charge on any atom is -0.340 e. The second-order valence-electron chi connectivity index (χ2n) is 12.8. The van der Waals surface area contributed by atoms with Gasteiger partial charge in [0.05, 0.1) is 22.7 Å². The maximum absolute atomic E-state index is 9.61. The summed E-state index contributed by atoms with van der Waals surface area (Å²) in [5, 5.41) is 15.6. The molecular formula is C42H30N4. The van der Waals surface area contributed by atoms with E-state index in [1.165, 1.54) is 44.1 Å². The molecule has 2 aliphatic rings. The first kappa shape index (κ1) is 26.5. The number of amidine groups is 1. The van der Waals surface area contributed by atoms with Crippen LogP contribution >= 0.6 is 0 Å². The van der Waals surface area contributed by atoms with Crippen LogP contribution in [0.3, 0.4) is 0 Å². The number of benzene rings is 6. The molecule has 1 unspecified atom stereocenters. The van der Waals surface area contributed by atoms with E-state index in [4.69, 9.17) is 4.99 Å². The molecule has 1 aromatic heterocycles. The molecule has 0 spiro atoms. The SMILES string of the molecule is CC1(C)c2ccccc2-c2c1ccc1c3ccccc3n(-c3ccc(C4N=C(c5ccccc5)Nc5cc(C#N)ccc54)cc3)c21. The summed E-state index contributed by atoms with van der Waals surface area (Å²) in [5.41, 5.74) is 13.6. The van der Waals surface area contributed by atoms with E-state index in [2.05, 4.69) is 127 Å². The Labute approximate surface area is 267 Å². The molecule has 9 rings (SSSR count). The van der Waals surface area contributed by atoms with Crippen LogP contribution < -0.4 is 5.32 Å². The van der Waals surface area contributed by atoms with Gasteiger partial charge in [-0.15, -0.1) is 0 Å². The lowest BCUT2D eigenvalue weighted by atomic mass is 9.82. The summed E-state index contributed by atoms with van der Waals surface area (Å²) in [6.07, 6.45) is 0. The zero-order valence-corrected chi connectivity index (χ0v) is 25.6. The van der Waals surface area contributed by atoms with Crippen LogP contribution in [0.1, 0.15) is 53.3 Å². The van der Waals surface area contributed by atoms with Crippen molar-refractivity contribution in [1.29, 1.82) is 5.26 Å². The number of aliphatic imine (C=N–C) groups is 1. The Kier molecular flexibility index (Phi) is 5.64. The number of hydrogen-bond donors (Lipinski definition) is 1. The van der Waals surface area contributed by atoms with Crippen LogP contribution in [0.4, 0.5) is 5.69 Å². The zero-order chi connectivity index (χ0) is 31.0. The third kappa shape index (κ3) is 3.76. The van der Waals surface area contributed by atoms with E-state index < -0.39 is 0 Å². The number of fused-ring (bicyclic) bond motifs is 8. The molecule has 1 aliphatic carbocycles. The predicted octanol–water partition coefficient (Wildman–Crippen LogP) is 9.92. The third-order valence-electron chi connectivity index (χ3n) is 9.88. The number of aromatic nitrogens is 1. The summed E-state index contributed by atoms with van der Waals surface area (Å²) >= 11 is 0. The highest BCUT2D eigenvalue weighted by molar-refractivity contribution is 6.15. The minimum atomic E-state index is -0.205. The highest BCUT2D eigenvalue weighted by Crippen LogP contribution is 2.52. The van der Waals surface area contributed by atoms with E-state index in [0.717, 1.165) is 33.9 Å². The number of anilines is 1. The lowest BCUT2D eigenvalue weighted by Gasteiger charge is -2.26. The fourth-order valence-electron chi connectivity index (χ4n) is 7.64. The van der Waals surface area contributed by atoms with Gasteiger partial charge in [0.1, 0.15) is 11.9 Å². The summed E-state index contributed by atoms with van der Waals surface area (Å²) < 4.78 is 2.44. The molecule has 7 aromatic rings. The van der Waals surface area contributed by atoms with Crippen LogP contribution in [0.5, 0.6) is 0 Å². The molecule has 1 atom stereocenters. The molecule has 0 saturated heterocycles. The fourth-order valence-corrected chi connectivity index (χ4v) is 7.64. The largest absolute Gasteiger partial charge is 0.340 e. The van der Waals surface area contributed by atoms with E-state index in [1.807, 2.05) is 36.4 Å². The molecule has 0 fully saturated rings. The molecule has 1 aliphatic heterocycles. The molecular weight excluding hydrogens is 560 g/mol. The van der Waals surface area contributed by atoms with Crippen LogP contribution in [-0.2, 0) is 5.41 Å². The summed E-state index contributed by atoms with van der Waals surface area (Å²) in [6, 6.07) is 49.2. The van der Waals surface area contributed by atoms with Crippen LogP contribution in [-0.4, -0.2) is 10.4 Å². The van der Waals surface area contributed by atoms with Crippen molar-refractivity contribution in [2.24, 2.45) is 4.99 Å². The number of nitrogens with one attached hydrogen (secondary N) is 1. The van der Waals surface area contributed by atoms with Gasteiger partial charge >= 0.3 is 0 Å². The van der Waals surface area contributed by atoms with Gasteiger partial charge in [0.2, 0.25) is 0 Å². The Morgan fingerprint density at radius 2 is 1.50 bits per heavy atom. The Bertz CT molecular complexity index is 2420. The summed E-state index contributed by atoms with van der Waals surface area (Å²) in [7, 11) is 0. The van der Waals surface area contributed by atoms with Gasteiger partial charge in [-0.3, -0.25) is 4.99 Å². The van der Waals surface area contributed by atoms with Crippen LogP contribution in [0.25, 0.3) is 38.6 Å². The van der Waals surface area contributed by atoms with Gasteiger partial charge in [0, 0.05) is 44.3 Å². The molecule has 0 radical (unpaired) electrons. The van der Waals surface area contributed by atoms with E-state index in [1.54, 1.807) is 0 Å². The molecule has 0 bridgehead atoms. The summed E-state index contributed by atoms with van der Waals surface area (Å²) in [5.74, 6) is 0.802. The number of para-hydroxylation sites is 1. The highest BCUT2D eigenvalue weighted by atomic mass is 15.0. The van der Waals surface area contributed by atoms with Crippen molar-refractivity contribution < 1.29 is 0 Å². The van der Waals surface area contributed by atoms with E-state index in [-0.39, 0.29) is 11.5 Å². The molecule has 4 nitrogen and oxygen atoms in total. The van der Waals surface area contributed by atoms with Gasteiger partial charge in [-0.2, -0.15) is 5.26 Å². The molecule has 6 aromatic carbocycles.